The molecule has 27 heavy (non-hydrogen) atoms. The third-order valence-corrected chi connectivity index (χ3v) is 5.05. The van der Waals surface area contributed by atoms with Gasteiger partial charge in [-0.05, 0) is 29.8 Å². The summed E-state index contributed by atoms with van der Waals surface area (Å²) in [5.41, 5.74) is 1.77. The second-order valence-corrected chi connectivity index (χ2v) is 7.12. The van der Waals surface area contributed by atoms with Gasteiger partial charge in [0.05, 0.1) is 6.42 Å². The maximum atomic E-state index is 12.3. The summed E-state index contributed by atoms with van der Waals surface area (Å²) >= 11 is 11.9. The van der Waals surface area contributed by atoms with Crippen molar-refractivity contribution in [2.24, 2.45) is 0 Å². The molecule has 7 heteroatoms. The quantitative estimate of drug-likeness (QED) is 0.713. The van der Waals surface area contributed by atoms with Crippen molar-refractivity contribution in [1.82, 2.24) is 4.90 Å². The molecule has 142 valence electrons. The number of carbonyl (C=O) groups is 2. The molecule has 0 aliphatic carbocycles. The number of rotatable bonds is 5. The molecule has 0 N–H and O–H groups in total. The number of esters is 1. The summed E-state index contributed by atoms with van der Waals surface area (Å²) < 4.78 is 5.12. The van der Waals surface area contributed by atoms with E-state index in [1.807, 2.05) is 18.2 Å². The highest BCUT2D eigenvalue weighted by Crippen LogP contribution is 2.21. The van der Waals surface area contributed by atoms with Crippen molar-refractivity contribution < 1.29 is 14.3 Å². The first-order valence-corrected chi connectivity index (χ1v) is 9.46. The van der Waals surface area contributed by atoms with Crippen molar-refractivity contribution in [1.29, 1.82) is 0 Å². The topological polar surface area (TPSA) is 49.9 Å². The lowest BCUT2D eigenvalue weighted by molar-refractivity contribution is -0.151. The SMILES string of the molecule is O=C(Cc1ccc(Cl)cc1Cl)OCC(=O)N1CCN(c2ccccc2)CC1. The van der Waals surface area contributed by atoms with Crippen molar-refractivity contribution in [3.63, 3.8) is 0 Å². The van der Waals surface area contributed by atoms with Crippen LogP contribution < -0.4 is 4.90 Å². The summed E-state index contributed by atoms with van der Waals surface area (Å²) in [5, 5.41) is 0.907. The van der Waals surface area contributed by atoms with Gasteiger partial charge in [-0.3, -0.25) is 9.59 Å². The van der Waals surface area contributed by atoms with Gasteiger partial charge in [-0.1, -0.05) is 47.5 Å². The minimum Gasteiger partial charge on any atom is -0.455 e. The molecule has 1 aliphatic heterocycles. The number of halogens is 2. The second-order valence-electron chi connectivity index (χ2n) is 6.28. The number of benzene rings is 2. The zero-order valence-corrected chi connectivity index (χ0v) is 16.2. The van der Waals surface area contributed by atoms with Gasteiger partial charge in [0.25, 0.3) is 5.91 Å². The summed E-state index contributed by atoms with van der Waals surface area (Å²) in [6, 6.07) is 15.0. The van der Waals surface area contributed by atoms with Crippen LogP contribution in [0.3, 0.4) is 0 Å². The summed E-state index contributed by atoms with van der Waals surface area (Å²) in [5.74, 6) is -0.672. The van der Waals surface area contributed by atoms with Crippen molar-refractivity contribution in [2.45, 2.75) is 6.42 Å². The molecular formula is C20H20Cl2N2O3. The van der Waals surface area contributed by atoms with Crippen LogP contribution in [-0.4, -0.2) is 49.6 Å². The van der Waals surface area contributed by atoms with Crippen molar-refractivity contribution in [3.05, 3.63) is 64.1 Å². The highest BCUT2D eigenvalue weighted by Gasteiger charge is 2.22. The number of para-hydroxylation sites is 1. The standard InChI is InChI=1S/C20H20Cl2N2O3/c21-16-7-6-15(18(22)13-16)12-20(26)27-14-19(25)24-10-8-23(9-11-24)17-4-2-1-3-5-17/h1-7,13H,8-12,14H2. The molecule has 5 nitrogen and oxygen atoms in total. The van der Waals surface area contributed by atoms with Gasteiger partial charge in [0.1, 0.15) is 0 Å². The lowest BCUT2D eigenvalue weighted by Gasteiger charge is -2.36. The van der Waals surface area contributed by atoms with Gasteiger partial charge >= 0.3 is 5.97 Å². The van der Waals surface area contributed by atoms with E-state index in [0.717, 1.165) is 18.8 Å². The second kappa shape index (κ2) is 9.11. The first-order chi connectivity index (χ1) is 13.0. The highest BCUT2D eigenvalue weighted by molar-refractivity contribution is 6.35. The number of amides is 1. The summed E-state index contributed by atoms with van der Waals surface area (Å²) in [7, 11) is 0. The molecule has 1 saturated heterocycles. The first kappa shape index (κ1) is 19.5. The fourth-order valence-electron chi connectivity index (χ4n) is 2.96. The van der Waals surface area contributed by atoms with E-state index in [1.54, 1.807) is 23.1 Å². The Morgan fingerprint density at radius 3 is 2.33 bits per heavy atom. The fourth-order valence-corrected chi connectivity index (χ4v) is 3.43. The molecule has 1 heterocycles. The molecule has 0 aromatic heterocycles. The van der Waals surface area contributed by atoms with E-state index in [-0.39, 0.29) is 18.9 Å². The van der Waals surface area contributed by atoms with E-state index in [0.29, 0.717) is 28.7 Å². The molecule has 1 aliphatic rings. The minimum atomic E-state index is -0.490. The molecular weight excluding hydrogens is 387 g/mol. The number of nitrogens with zero attached hydrogens (tertiary/aromatic N) is 2. The predicted octanol–water partition coefficient (Wildman–Crippen LogP) is 3.43. The molecule has 0 unspecified atom stereocenters. The van der Waals surface area contributed by atoms with E-state index in [2.05, 4.69) is 17.0 Å². The molecule has 0 spiro atoms. The molecule has 3 rings (SSSR count). The van der Waals surface area contributed by atoms with Gasteiger partial charge < -0.3 is 14.5 Å². The molecule has 0 saturated carbocycles. The Labute approximate surface area is 168 Å². The molecule has 2 aromatic carbocycles. The number of ether oxygens (including phenoxy) is 1. The Morgan fingerprint density at radius 2 is 1.67 bits per heavy atom. The number of carbonyl (C=O) groups excluding carboxylic acids is 2. The first-order valence-electron chi connectivity index (χ1n) is 8.70. The monoisotopic (exact) mass is 406 g/mol. The van der Waals surface area contributed by atoms with Crippen LogP contribution in [0.1, 0.15) is 5.56 Å². The maximum absolute atomic E-state index is 12.3. The van der Waals surface area contributed by atoms with Crippen LogP contribution in [0.2, 0.25) is 10.0 Å². The third-order valence-electron chi connectivity index (χ3n) is 4.46. The third kappa shape index (κ3) is 5.37. The molecule has 0 bridgehead atoms. The largest absolute Gasteiger partial charge is 0.455 e. The Hall–Kier alpha value is -2.24. The van der Waals surface area contributed by atoms with Crippen LogP contribution in [0.4, 0.5) is 5.69 Å². The zero-order valence-electron chi connectivity index (χ0n) is 14.7. The lowest BCUT2D eigenvalue weighted by Crippen LogP contribution is -2.49. The number of anilines is 1. The van der Waals surface area contributed by atoms with Gasteiger partial charge in [0.2, 0.25) is 0 Å². The summed E-state index contributed by atoms with van der Waals surface area (Å²) in [4.78, 5) is 28.2. The van der Waals surface area contributed by atoms with E-state index >= 15 is 0 Å². The van der Waals surface area contributed by atoms with Crippen molar-refractivity contribution in [2.75, 3.05) is 37.7 Å². The smallest absolute Gasteiger partial charge is 0.310 e. The van der Waals surface area contributed by atoms with Gasteiger partial charge in [0, 0.05) is 41.9 Å². The van der Waals surface area contributed by atoms with E-state index in [1.165, 1.54) is 0 Å². The van der Waals surface area contributed by atoms with Gasteiger partial charge in [-0.2, -0.15) is 0 Å². The Bertz CT molecular complexity index is 806. The van der Waals surface area contributed by atoms with Gasteiger partial charge in [0.15, 0.2) is 6.61 Å². The lowest BCUT2D eigenvalue weighted by atomic mass is 10.1. The van der Waals surface area contributed by atoms with Crippen LogP contribution in [0, 0.1) is 0 Å². The van der Waals surface area contributed by atoms with Gasteiger partial charge in [-0.25, -0.2) is 0 Å². The van der Waals surface area contributed by atoms with Crippen LogP contribution in [0.25, 0.3) is 0 Å². The molecule has 1 fully saturated rings. The highest BCUT2D eigenvalue weighted by atomic mass is 35.5. The van der Waals surface area contributed by atoms with Crippen LogP contribution in [0.15, 0.2) is 48.5 Å². The number of hydrogen-bond acceptors (Lipinski definition) is 4. The maximum Gasteiger partial charge on any atom is 0.310 e. The number of hydrogen-bond donors (Lipinski definition) is 0. The van der Waals surface area contributed by atoms with Crippen molar-refractivity contribution >= 4 is 40.8 Å². The number of piperazine rings is 1. The molecule has 0 atom stereocenters. The average molecular weight is 407 g/mol. The average Bonchev–Trinajstić information content (AvgIpc) is 2.69. The summed E-state index contributed by atoms with van der Waals surface area (Å²) in [6.07, 6.45) is 0.00503. The molecule has 0 radical (unpaired) electrons. The molecule has 2 aromatic rings. The van der Waals surface area contributed by atoms with Crippen LogP contribution in [-0.2, 0) is 20.7 Å². The van der Waals surface area contributed by atoms with Crippen molar-refractivity contribution in [3.8, 4) is 0 Å². The zero-order chi connectivity index (χ0) is 19.2. The van der Waals surface area contributed by atoms with E-state index in [9.17, 15) is 9.59 Å². The normalized spacial score (nSPS) is 14.1. The Morgan fingerprint density at radius 1 is 0.963 bits per heavy atom. The summed E-state index contributed by atoms with van der Waals surface area (Å²) in [6.45, 7) is 2.46. The Balaban J connectivity index is 1.44. The van der Waals surface area contributed by atoms with E-state index in [4.69, 9.17) is 27.9 Å². The minimum absolute atomic E-state index is 0.00503. The Kier molecular flexibility index (Phi) is 6.58. The predicted molar refractivity (Wildman–Crippen MR) is 106 cm³/mol. The fraction of sp³-hybridized carbons (Fsp3) is 0.300. The van der Waals surface area contributed by atoms with E-state index < -0.39 is 5.97 Å². The van der Waals surface area contributed by atoms with Gasteiger partial charge in [-0.15, -0.1) is 0 Å². The van der Waals surface area contributed by atoms with Crippen LogP contribution in [0.5, 0.6) is 0 Å². The molecule has 1 amide bonds. The van der Waals surface area contributed by atoms with Crippen LogP contribution >= 0.6 is 23.2 Å².